The van der Waals surface area contributed by atoms with Gasteiger partial charge in [0.2, 0.25) is 0 Å². The summed E-state index contributed by atoms with van der Waals surface area (Å²) < 4.78 is 11.0. The SMILES string of the molecule is C=CCCCCCCCCC(=O)O.NC[C@H]1O[C@H](O[C@H]2[C@H](O)[C@@H](O)[C@H](N)C[C@@H]2N)[C@H](N)[C@@H](O)[C@@H]1O. The second kappa shape index (κ2) is 16.5. The van der Waals surface area contributed by atoms with Crippen molar-refractivity contribution in [1.29, 1.82) is 0 Å². The van der Waals surface area contributed by atoms with Crippen LogP contribution in [-0.4, -0.2) is 99.1 Å². The summed E-state index contributed by atoms with van der Waals surface area (Å²) in [5, 5.41) is 48.0. The van der Waals surface area contributed by atoms with Crippen molar-refractivity contribution in [3.63, 3.8) is 0 Å². The molecule has 13 N–H and O–H groups in total. The average molecular weight is 507 g/mol. The highest BCUT2D eigenvalue weighted by atomic mass is 16.7. The summed E-state index contributed by atoms with van der Waals surface area (Å²) in [4.78, 5) is 10.2. The van der Waals surface area contributed by atoms with Gasteiger partial charge in [-0.1, -0.05) is 31.8 Å². The van der Waals surface area contributed by atoms with E-state index in [-0.39, 0.29) is 13.0 Å². The lowest BCUT2D eigenvalue weighted by atomic mass is 9.84. The number of aliphatic hydroxyl groups is 4. The van der Waals surface area contributed by atoms with E-state index in [1.165, 1.54) is 25.7 Å². The van der Waals surface area contributed by atoms with Gasteiger partial charge in [0, 0.05) is 25.0 Å². The summed E-state index contributed by atoms with van der Waals surface area (Å²) >= 11 is 0. The van der Waals surface area contributed by atoms with Gasteiger partial charge in [-0.15, -0.1) is 6.58 Å². The third-order valence-electron chi connectivity index (χ3n) is 6.41. The molecule has 1 saturated carbocycles. The number of aliphatic carboxylic acids is 1. The summed E-state index contributed by atoms with van der Waals surface area (Å²) in [5.41, 5.74) is 22.8. The van der Waals surface area contributed by atoms with Crippen LogP contribution in [0.2, 0.25) is 0 Å². The lowest BCUT2D eigenvalue weighted by molar-refractivity contribution is -0.287. The van der Waals surface area contributed by atoms with Crippen LogP contribution in [0.3, 0.4) is 0 Å². The number of carbonyl (C=O) groups is 1. The molecule has 1 saturated heterocycles. The second-order valence-electron chi connectivity index (χ2n) is 9.32. The minimum absolute atomic E-state index is 0.0441. The smallest absolute Gasteiger partial charge is 0.303 e. The number of carboxylic acids is 1. The van der Waals surface area contributed by atoms with Gasteiger partial charge in [-0.05, 0) is 25.7 Å². The molecule has 12 heteroatoms. The molecule has 0 spiro atoms. The van der Waals surface area contributed by atoms with Crippen LogP contribution in [0.25, 0.3) is 0 Å². The highest BCUT2D eigenvalue weighted by Gasteiger charge is 2.47. The Balaban J connectivity index is 0.000000405. The number of unbranched alkanes of at least 4 members (excludes halogenated alkanes) is 6. The van der Waals surface area contributed by atoms with Gasteiger partial charge in [0.1, 0.15) is 30.5 Å². The van der Waals surface area contributed by atoms with Crippen LogP contribution in [0.15, 0.2) is 12.7 Å². The molecule has 2 fully saturated rings. The van der Waals surface area contributed by atoms with Crippen molar-refractivity contribution < 1.29 is 39.8 Å². The van der Waals surface area contributed by atoms with Crippen molar-refractivity contribution in [2.24, 2.45) is 22.9 Å². The van der Waals surface area contributed by atoms with Crippen molar-refractivity contribution >= 4 is 5.97 Å². The summed E-state index contributed by atoms with van der Waals surface area (Å²) in [5.74, 6) is -0.674. The fourth-order valence-corrected chi connectivity index (χ4v) is 4.17. The van der Waals surface area contributed by atoms with Crippen molar-refractivity contribution in [1.82, 2.24) is 0 Å². The number of aliphatic hydroxyl groups excluding tert-OH is 4. The second-order valence-corrected chi connectivity index (χ2v) is 9.32. The van der Waals surface area contributed by atoms with Crippen LogP contribution in [0.1, 0.15) is 57.8 Å². The molecule has 206 valence electrons. The molecule has 0 unspecified atom stereocenters. The van der Waals surface area contributed by atoms with Gasteiger partial charge in [-0.2, -0.15) is 0 Å². The zero-order valence-corrected chi connectivity index (χ0v) is 20.4. The minimum Gasteiger partial charge on any atom is -0.481 e. The van der Waals surface area contributed by atoms with Crippen LogP contribution in [0, 0.1) is 0 Å². The zero-order valence-electron chi connectivity index (χ0n) is 20.4. The topological polar surface area (TPSA) is 241 Å². The minimum atomic E-state index is -1.31. The lowest BCUT2D eigenvalue weighted by Gasteiger charge is -2.45. The molecule has 0 aromatic heterocycles. The van der Waals surface area contributed by atoms with Crippen LogP contribution in [0.4, 0.5) is 0 Å². The number of hydrogen-bond donors (Lipinski definition) is 9. The molecule has 0 radical (unpaired) electrons. The largest absolute Gasteiger partial charge is 0.481 e. The van der Waals surface area contributed by atoms with Crippen LogP contribution in [0.5, 0.6) is 0 Å². The Kier molecular flexibility index (Phi) is 15.0. The van der Waals surface area contributed by atoms with Gasteiger partial charge < -0.3 is 57.9 Å². The molecule has 10 atom stereocenters. The molecule has 35 heavy (non-hydrogen) atoms. The Morgan fingerprint density at radius 2 is 1.51 bits per heavy atom. The Bertz CT molecular complexity index is 614. The molecular formula is C23H46N4O8. The fraction of sp³-hybridized carbons (Fsp3) is 0.870. The number of nitrogens with two attached hydrogens (primary N) is 4. The predicted molar refractivity (Wildman–Crippen MR) is 130 cm³/mol. The Labute approximate surface area is 207 Å². The molecule has 1 heterocycles. The van der Waals surface area contributed by atoms with E-state index < -0.39 is 67.0 Å². The Morgan fingerprint density at radius 1 is 0.914 bits per heavy atom. The summed E-state index contributed by atoms with van der Waals surface area (Å²) in [6.07, 6.45) is 2.41. The van der Waals surface area contributed by atoms with E-state index in [9.17, 15) is 25.2 Å². The predicted octanol–water partition coefficient (Wildman–Crippen LogP) is -1.74. The van der Waals surface area contributed by atoms with Crippen LogP contribution in [-0.2, 0) is 14.3 Å². The summed E-state index contributed by atoms with van der Waals surface area (Å²) in [6.45, 7) is 3.62. The monoisotopic (exact) mass is 506 g/mol. The normalized spacial score (nSPS) is 37.3. The van der Waals surface area contributed by atoms with E-state index in [1.807, 2.05) is 6.08 Å². The maximum absolute atomic E-state index is 10.2. The van der Waals surface area contributed by atoms with Crippen molar-refractivity contribution in [3.8, 4) is 0 Å². The molecule has 0 aromatic rings. The van der Waals surface area contributed by atoms with E-state index in [0.717, 1.165) is 19.3 Å². The first-order valence-corrected chi connectivity index (χ1v) is 12.4. The first-order chi connectivity index (χ1) is 16.5. The highest BCUT2D eigenvalue weighted by molar-refractivity contribution is 5.66. The number of carboxylic acid groups (broad SMARTS) is 1. The maximum atomic E-state index is 10.2. The van der Waals surface area contributed by atoms with Crippen molar-refractivity contribution in [2.45, 2.75) is 119 Å². The third kappa shape index (κ3) is 10.4. The maximum Gasteiger partial charge on any atom is 0.303 e. The average Bonchev–Trinajstić information content (AvgIpc) is 2.82. The summed E-state index contributed by atoms with van der Waals surface area (Å²) in [7, 11) is 0. The van der Waals surface area contributed by atoms with E-state index in [2.05, 4.69) is 6.58 Å². The zero-order chi connectivity index (χ0) is 26.5. The van der Waals surface area contributed by atoms with Gasteiger partial charge in [-0.25, -0.2) is 0 Å². The number of hydrogen-bond acceptors (Lipinski definition) is 11. The van der Waals surface area contributed by atoms with Crippen LogP contribution < -0.4 is 22.9 Å². The first kappa shape index (κ1) is 31.8. The molecule has 2 rings (SSSR count). The fourth-order valence-electron chi connectivity index (χ4n) is 4.17. The first-order valence-electron chi connectivity index (χ1n) is 12.4. The molecular weight excluding hydrogens is 460 g/mol. The van der Waals surface area contributed by atoms with Crippen molar-refractivity contribution in [2.75, 3.05) is 6.54 Å². The quantitative estimate of drug-likeness (QED) is 0.106. The van der Waals surface area contributed by atoms with Gasteiger partial charge in [0.05, 0.1) is 12.1 Å². The van der Waals surface area contributed by atoms with E-state index >= 15 is 0 Å². The molecule has 12 nitrogen and oxygen atoms in total. The number of allylic oxidation sites excluding steroid dienone is 1. The lowest BCUT2D eigenvalue weighted by Crippen LogP contribution is -2.67. The molecule has 1 aliphatic heterocycles. The standard InChI is InChI=1S/C12H26N4O6.C11H20O2/c13-2-5-8(18)9(19)6(16)12(21-5)22-11-4(15)1-3(14)7(17)10(11)20;1-2-3-4-5-6-7-8-9-10-11(12)13/h3-12,17-20H,1-2,13-16H2;2H,1,3-10H2,(H,12,13)/t3-,4+,5-,6-,7+,8-,9-,10-,11-,12-;/m1./s1. The number of ether oxygens (including phenoxy) is 2. The van der Waals surface area contributed by atoms with Gasteiger partial charge in [-0.3, -0.25) is 4.79 Å². The van der Waals surface area contributed by atoms with Gasteiger partial charge in [0.15, 0.2) is 6.29 Å². The van der Waals surface area contributed by atoms with E-state index in [4.69, 9.17) is 37.5 Å². The Hall–Kier alpha value is -1.19. The molecule has 0 amide bonds. The molecule has 2 aliphatic rings. The Morgan fingerprint density at radius 3 is 2.09 bits per heavy atom. The van der Waals surface area contributed by atoms with Crippen LogP contribution >= 0.6 is 0 Å². The van der Waals surface area contributed by atoms with Crippen molar-refractivity contribution in [3.05, 3.63) is 12.7 Å². The third-order valence-corrected chi connectivity index (χ3v) is 6.41. The highest BCUT2D eigenvalue weighted by Crippen LogP contribution is 2.26. The molecule has 1 aliphatic carbocycles. The van der Waals surface area contributed by atoms with Gasteiger partial charge in [0.25, 0.3) is 0 Å². The molecule has 0 bridgehead atoms. The number of rotatable bonds is 12. The summed E-state index contributed by atoms with van der Waals surface area (Å²) in [6, 6.07) is -2.34. The van der Waals surface area contributed by atoms with E-state index in [0.29, 0.717) is 6.42 Å². The molecule has 0 aromatic carbocycles. The van der Waals surface area contributed by atoms with Gasteiger partial charge >= 0.3 is 5.97 Å². The van der Waals surface area contributed by atoms with E-state index in [1.54, 1.807) is 0 Å².